The minimum absolute atomic E-state index is 0.00992. The maximum atomic E-state index is 13.3. The number of hydrogen-bond acceptors (Lipinski definition) is 6. The third kappa shape index (κ3) is 5.26. The molecule has 1 aromatic carbocycles. The molecule has 9 heteroatoms. The van der Waals surface area contributed by atoms with E-state index in [2.05, 4.69) is 32.2 Å². The van der Waals surface area contributed by atoms with Crippen LogP contribution in [0.25, 0.3) is 0 Å². The molecule has 224 valence electrons. The number of fused-ring (bicyclic) bond motifs is 1. The molecule has 4 saturated carbocycles. The summed E-state index contributed by atoms with van der Waals surface area (Å²) in [7, 11) is -0.582. The Kier molecular flexibility index (Phi) is 7.25. The van der Waals surface area contributed by atoms with Gasteiger partial charge < -0.3 is 24.3 Å². The number of nitrogens with zero attached hydrogens (tertiary/aromatic N) is 2. The van der Waals surface area contributed by atoms with E-state index in [1.807, 2.05) is 51.1 Å². The van der Waals surface area contributed by atoms with Gasteiger partial charge in [-0.25, -0.2) is 4.79 Å². The molecule has 2 bridgehead atoms. The molecule has 2 saturated heterocycles. The van der Waals surface area contributed by atoms with E-state index < -0.39 is 19.2 Å². The number of rotatable bonds is 7. The molecule has 8 atom stereocenters. The maximum Gasteiger partial charge on any atom is 0.482 e. The van der Waals surface area contributed by atoms with Crippen molar-refractivity contribution in [1.29, 1.82) is 5.26 Å². The lowest BCUT2D eigenvalue weighted by Crippen LogP contribution is -2.65. The zero-order chi connectivity index (χ0) is 30.0. The van der Waals surface area contributed by atoms with Crippen molar-refractivity contribution in [1.82, 2.24) is 10.2 Å². The Morgan fingerprint density at radius 2 is 1.95 bits per heavy atom. The molecule has 2 aliphatic heterocycles. The molecule has 1 N–H and O–H groups in total. The SMILES string of the molecule is CC(C)(C)/C=C(\C#N)C(=O)N1C[C@H]2C[C@H]2[C@@H]1COC(=O)N[C@@H](Cc1ccccc1)B1O[C@@H]2C[C@@H]3C[C@@H](C3(C)C)[C@]2(C)O1. The number of hydrogen-bond donors (Lipinski definition) is 1. The molecule has 0 unspecified atom stereocenters. The number of ether oxygens (including phenoxy) is 1. The van der Waals surface area contributed by atoms with Crippen LogP contribution in [-0.2, 0) is 25.3 Å². The molecule has 0 radical (unpaired) electrons. The third-order valence-corrected chi connectivity index (χ3v) is 10.8. The highest BCUT2D eigenvalue weighted by atomic mass is 16.7. The molecule has 6 fully saturated rings. The molecular weight excluding hydrogens is 529 g/mol. The van der Waals surface area contributed by atoms with Crippen molar-refractivity contribution in [2.24, 2.45) is 34.5 Å². The summed E-state index contributed by atoms with van der Waals surface area (Å²) in [6.45, 7) is 13.4. The van der Waals surface area contributed by atoms with E-state index in [9.17, 15) is 14.9 Å². The fraction of sp³-hybridized carbons (Fsp3) is 0.667. The minimum Gasteiger partial charge on any atom is -0.447 e. The van der Waals surface area contributed by atoms with Crippen molar-refractivity contribution in [3.63, 3.8) is 0 Å². The van der Waals surface area contributed by atoms with Crippen LogP contribution in [0, 0.1) is 45.8 Å². The van der Waals surface area contributed by atoms with Gasteiger partial charge in [0, 0.05) is 6.54 Å². The molecule has 1 aromatic rings. The van der Waals surface area contributed by atoms with Crippen molar-refractivity contribution < 1.29 is 23.6 Å². The van der Waals surface area contributed by atoms with E-state index >= 15 is 0 Å². The molecule has 2 amide bonds. The fourth-order valence-corrected chi connectivity index (χ4v) is 8.26. The summed E-state index contributed by atoms with van der Waals surface area (Å²) in [5.74, 6) is 1.06. The van der Waals surface area contributed by atoms with Gasteiger partial charge in [0.25, 0.3) is 5.91 Å². The molecule has 42 heavy (non-hydrogen) atoms. The number of alkyl carbamates (subject to hydrolysis) is 1. The van der Waals surface area contributed by atoms with E-state index in [1.54, 1.807) is 11.0 Å². The quantitative estimate of drug-likeness (QED) is 0.282. The Balaban J connectivity index is 1.13. The Labute approximate surface area is 250 Å². The van der Waals surface area contributed by atoms with Crippen LogP contribution in [0.15, 0.2) is 42.0 Å². The van der Waals surface area contributed by atoms with Crippen molar-refractivity contribution in [3.05, 3.63) is 47.5 Å². The zero-order valence-corrected chi connectivity index (χ0v) is 25.8. The number of nitrogens with one attached hydrogen (secondary N) is 1. The lowest BCUT2D eigenvalue weighted by molar-refractivity contribution is -0.199. The van der Waals surface area contributed by atoms with Crippen molar-refractivity contribution in [2.45, 2.75) is 90.9 Å². The predicted octanol–water partition coefficient (Wildman–Crippen LogP) is 4.93. The van der Waals surface area contributed by atoms with Gasteiger partial charge >= 0.3 is 13.2 Å². The summed E-state index contributed by atoms with van der Waals surface area (Å²) in [5.41, 5.74) is 0.769. The smallest absolute Gasteiger partial charge is 0.447 e. The van der Waals surface area contributed by atoms with Gasteiger partial charge in [-0.1, -0.05) is 71.0 Å². The monoisotopic (exact) mass is 573 g/mol. The average Bonchev–Trinajstić information content (AvgIpc) is 3.46. The fourth-order valence-electron chi connectivity index (χ4n) is 8.26. The molecule has 8 nitrogen and oxygen atoms in total. The van der Waals surface area contributed by atoms with Crippen LogP contribution in [0.4, 0.5) is 4.79 Å². The summed E-state index contributed by atoms with van der Waals surface area (Å²) >= 11 is 0. The van der Waals surface area contributed by atoms with E-state index in [0.717, 1.165) is 24.8 Å². The summed E-state index contributed by atoms with van der Waals surface area (Å²) < 4.78 is 19.1. The van der Waals surface area contributed by atoms with Gasteiger partial charge in [-0.3, -0.25) is 4.79 Å². The highest BCUT2D eigenvalue weighted by molar-refractivity contribution is 6.47. The summed E-state index contributed by atoms with van der Waals surface area (Å²) in [5, 5.41) is 12.8. The van der Waals surface area contributed by atoms with Crippen molar-refractivity contribution >= 4 is 19.1 Å². The number of carbonyl (C=O) groups excluding carboxylic acids is 2. The Morgan fingerprint density at radius 3 is 2.62 bits per heavy atom. The number of allylic oxidation sites excluding steroid dienone is 1. The topological polar surface area (TPSA) is 101 Å². The van der Waals surface area contributed by atoms with Crippen LogP contribution in [0.5, 0.6) is 0 Å². The van der Waals surface area contributed by atoms with Gasteiger partial charge in [-0.05, 0) is 72.7 Å². The minimum atomic E-state index is -0.582. The van der Waals surface area contributed by atoms with Crippen LogP contribution in [0.1, 0.15) is 66.4 Å². The second kappa shape index (κ2) is 10.4. The number of carbonyl (C=O) groups is 2. The second-order valence-electron chi connectivity index (χ2n) is 15.1. The van der Waals surface area contributed by atoms with Crippen LogP contribution in [0.3, 0.4) is 0 Å². The molecule has 0 spiro atoms. The molecule has 6 aliphatic rings. The van der Waals surface area contributed by atoms with Gasteiger partial charge in [-0.2, -0.15) is 5.26 Å². The first-order chi connectivity index (χ1) is 19.8. The van der Waals surface area contributed by atoms with Crippen molar-refractivity contribution in [3.8, 4) is 6.07 Å². The first kappa shape index (κ1) is 29.3. The number of likely N-dealkylation sites (tertiary alicyclic amines) is 1. The first-order valence-electron chi connectivity index (χ1n) is 15.5. The van der Waals surface area contributed by atoms with Crippen LogP contribution >= 0.6 is 0 Å². The van der Waals surface area contributed by atoms with Gasteiger partial charge in [0.1, 0.15) is 18.2 Å². The number of nitriles is 1. The van der Waals surface area contributed by atoms with E-state index in [0.29, 0.717) is 36.6 Å². The molecule has 2 heterocycles. The normalized spacial score (nSPS) is 34.9. The van der Waals surface area contributed by atoms with E-state index in [4.69, 9.17) is 14.0 Å². The van der Waals surface area contributed by atoms with Crippen LogP contribution in [-0.4, -0.2) is 60.9 Å². The summed E-state index contributed by atoms with van der Waals surface area (Å²) in [6.07, 6.45) is 4.88. The lowest BCUT2D eigenvalue weighted by Gasteiger charge is -2.64. The first-order valence-corrected chi connectivity index (χ1v) is 15.5. The van der Waals surface area contributed by atoms with Crippen molar-refractivity contribution in [2.75, 3.05) is 13.2 Å². The van der Waals surface area contributed by atoms with Crippen LogP contribution in [0.2, 0.25) is 0 Å². The zero-order valence-electron chi connectivity index (χ0n) is 25.8. The third-order valence-electron chi connectivity index (χ3n) is 10.8. The average molecular weight is 574 g/mol. The maximum absolute atomic E-state index is 13.3. The number of amides is 2. The summed E-state index contributed by atoms with van der Waals surface area (Å²) in [4.78, 5) is 28.3. The standard InChI is InChI=1S/C33H44BN3O5/c1-31(2,3)16-22(17-35)29(38)37-18-21-13-24(21)25(37)19-40-30(39)36-28(12-20-10-8-7-9-11-20)34-41-27-15-23-14-26(32(23,4)5)33(27,6)42-34/h7-11,16,21,23-28H,12-15,18-19H2,1-6H3,(H,36,39)/b22-16+/t21-,23+,24-,25+,26+,27-,28+,33+/m1/s1. The van der Waals surface area contributed by atoms with E-state index in [-0.39, 0.29) is 46.7 Å². The second-order valence-corrected chi connectivity index (χ2v) is 15.1. The van der Waals surface area contributed by atoms with Gasteiger partial charge in [0.05, 0.1) is 23.7 Å². The molecule has 4 aliphatic carbocycles. The van der Waals surface area contributed by atoms with Gasteiger partial charge in [0.2, 0.25) is 0 Å². The Bertz CT molecular complexity index is 1300. The molecule has 0 aromatic heterocycles. The van der Waals surface area contributed by atoms with Gasteiger partial charge in [-0.15, -0.1) is 0 Å². The Morgan fingerprint density at radius 1 is 1.21 bits per heavy atom. The lowest BCUT2D eigenvalue weighted by atomic mass is 9.43. The van der Waals surface area contributed by atoms with Crippen LogP contribution < -0.4 is 5.32 Å². The molecule has 7 rings (SSSR count). The predicted molar refractivity (Wildman–Crippen MR) is 159 cm³/mol. The number of piperidine rings is 1. The Hall–Kier alpha value is -2.83. The van der Waals surface area contributed by atoms with Gasteiger partial charge in [0.15, 0.2) is 0 Å². The number of benzene rings is 1. The highest BCUT2D eigenvalue weighted by Gasteiger charge is 2.68. The van der Waals surface area contributed by atoms with E-state index in [1.165, 1.54) is 0 Å². The largest absolute Gasteiger partial charge is 0.482 e. The molecular formula is C33H44BN3O5. The highest BCUT2D eigenvalue weighted by Crippen LogP contribution is 2.65. The summed E-state index contributed by atoms with van der Waals surface area (Å²) in [6, 6.07) is 11.9.